The number of nitrogens with one attached hydrogen (secondary N) is 1. The van der Waals surface area contributed by atoms with E-state index in [0.29, 0.717) is 29.7 Å². The average Bonchev–Trinajstić information content (AvgIpc) is 3.10. The largest absolute Gasteiger partial charge is 0.497 e. The van der Waals surface area contributed by atoms with E-state index in [1.54, 1.807) is 18.1 Å². The molecule has 0 atom stereocenters. The summed E-state index contributed by atoms with van der Waals surface area (Å²) >= 11 is 0. The maximum atomic E-state index is 12.2. The summed E-state index contributed by atoms with van der Waals surface area (Å²) in [6.07, 6.45) is 0. The van der Waals surface area contributed by atoms with Gasteiger partial charge in [0.1, 0.15) is 5.75 Å². The van der Waals surface area contributed by atoms with Crippen LogP contribution in [0.4, 0.5) is 5.69 Å². The summed E-state index contributed by atoms with van der Waals surface area (Å²) < 4.78 is 10.4. The Morgan fingerprint density at radius 1 is 1.19 bits per heavy atom. The molecule has 0 saturated carbocycles. The van der Waals surface area contributed by atoms with Crippen molar-refractivity contribution >= 4 is 11.6 Å². The molecule has 0 aliphatic carbocycles. The van der Waals surface area contributed by atoms with Crippen molar-refractivity contribution < 1.29 is 14.1 Å². The summed E-state index contributed by atoms with van der Waals surface area (Å²) in [7, 11) is 3.40. The van der Waals surface area contributed by atoms with Crippen LogP contribution in [0.15, 0.2) is 59.1 Å². The van der Waals surface area contributed by atoms with Crippen molar-refractivity contribution in [2.75, 3.05) is 26.0 Å². The fourth-order valence-electron chi connectivity index (χ4n) is 2.46. The summed E-state index contributed by atoms with van der Waals surface area (Å²) in [5.74, 6) is 1.55. The standard InChI is InChI=1S/C19H20N4O3/c1-23(12-17(24)20-15-9-6-10-16(11-15)25-2)13-18-21-19(22-26-18)14-7-4-3-5-8-14/h3-11H,12-13H2,1-2H3,(H,20,24). The smallest absolute Gasteiger partial charge is 0.241 e. The molecule has 1 heterocycles. The molecule has 1 N–H and O–H groups in total. The van der Waals surface area contributed by atoms with Crippen LogP contribution in [0.3, 0.4) is 0 Å². The molecule has 26 heavy (non-hydrogen) atoms. The molecule has 0 spiro atoms. The molecule has 7 nitrogen and oxygen atoms in total. The lowest BCUT2D eigenvalue weighted by atomic mass is 10.2. The van der Waals surface area contributed by atoms with Crippen LogP contribution in [0.1, 0.15) is 5.89 Å². The molecule has 0 aliphatic heterocycles. The number of nitrogens with zero attached hydrogens (tertiary/aromatic N) is 3. The van der Waals surface area contributed by atoms with Crippen LogP contribution in [-0.4, -0.2) is 41.6 Å². The first-order valence-electron chi connectivity index (χ1n) is 8.14. The van der Waals surface area contributed by atoms with Crippen LogP contribution < -0.4 is 10.1 Å². The Labute approximate surface area is 151 Å². The van der Waals surface area contributed by atoms with E-state index < -0.39 is 0 Å². The van der Waals surface area contributed by atoms with E-state index >= 15 is 0 Å². The van der Waals surface area contributed by atoms with Gasteiger partial charge in [-0.15, -0.1) is 0 Å². The average molecular weight is 352 g/mol. The minimum atomic E-state index is -0.136. The van der Waals surface area contributed by atoms with Crippen LogP contribution in [0.5, 0.6) is 5.75 Å². The third-order valence-electron chi connectivity index (χ3n) is 3.67. The van der Waals surface area contributed by atoms with Gasteiger partial charge in [-0.1, -0.05) is 41.6 Å². The van der Waals surface area contributed by atoms with E-state index in [9.17, 15) is 4.79 Å². The fourth-order valence-corrected chi connectivity index (χ4v) is 2.46. The van der Waals surface area contributed by atoms with Gasteiger partial charge in [0.15, 0.2) is 0 Å². The van der Waals surface area contributed by atoms with Crippen molar-refractivity contribution in [2.45, 2.75) is 6.54 Å². The Balaban J connectivity index is 1.54. The second-order valence-corrected chi connectivity index (χ2v) is 5.83. The first kappa shape index (κ1) is 17.6. The minimum Gasteiger partial charge on any atom is -0.497 e. The van der Waals surface area contributed by atoms with E-state index in [1.807, 2.05) is 55.6 Å². The van der Waals surface area contributed by atoms with Gasteiger partial charge in [-0.05, 0) is 19.2 Å². The number of aromatic nitrogens is 2. The molecule has 0 aliphatic rings. The van der Waals surface area contributed by atoms with Gasteiger partial charge in [-0.2, -0.15) is 4.98 Å². The predicted molar refractivity (Wildman–Crippen MR) is 97.7 cm³/mol. The van der Waals surface area contributed by atoms with Crippen LogP contribution in [0.25, 0.3) is 11.4 Å². The molecule has 0 fully saturated rings. The molecule has 0 bridgehead atoms. The number of benzene rings is 2. The first-order chi connectivity index (χ1) is 12.6. The van der Waals surface area contributed by atoms with Crippen LogP contribution in [0, 0.1) is 0 Å². The molecule has 1 aromatic heterocycles. The Morgan fingerprint density at radius 2 is 2.00 bits per heavy atom. The second kappa shape index (κ2) is 8.26. The monoisotopic (exact) mass is 352 g/mol. The van der Waals surface area contributed by atoms with Gasteiger partial charge < -0.3 is 14.6 Å². The lowest BCUT2D eigenvalue weighted by Crippen LogP contribution is -2.29. The second-order valence-electron chi connectivity index (χ2n) is 5.83. The number of carbonyl (C=O) groups excluding carboxylic acids is 1. The van der Waals surface area contributed by atoms with Crippen LogP contribution in [-0.2, 0) is 11.3 Å². The highest BCUT2D eigenvalue weighted by Gasteiger charge is 2.13. The minimum absolute atomic E-state index is 0.136. The van der Waals surface area contributed by atoms with E-state index in [0.717, 1.165) is 5.56 Å². The zero-order valence-corrected chi connectivity index (χ0v) is 14.7. The molecule has 7 heteroatoms. The van der Waals surface area contributed by atoms with Crippen molar-refractivity contribution in [3.8, 4) is 17.1 Å². The highest BCUT2D eigenvalue weighted by molar-refractivity contribution is 5.92. The zero-order valence-electron chi connectivity index (χ0n) is 14.7. The molecule has 0 radical (unpaired) electrons. The Bertz CT molecular complexity index is 864. The summed E-state index contributed by atoms with van der Waals surface area (Å²) in [6, 6.07) is 16.8. The molecule has 1 amide bonds. The van der Waals surface area contributed by atoms with E-state index in [4.69, 9.17) is 9.26 Å². The third-order valence-corrected chi connectivity index (χ3v) is 3.67. The summed E-state index contributed by atoms with van der Waals surface area (Å²) in [4.78, 5) is 18.3. The van der Waals surface area contributed by atoms with Crippen molar-refractivity contribution in [3.05, 3.63) is 60.5 Å². The number of likely N-dealkylation sites (N-methyl/N-ethyl adjacent to an activating group) is 1. The normalized spacial score (nSPS) is 10.7. The number of hydrogen-bond acceptors (Lipinski definition) is 6. The van der Waals surface area contributed by atoms with Gasteiger partial charge in [-0.25, -0.2) is 0 Å². The van der Waals surface area contributed by atoms with Gasteiger partial charge in [0.2, 0.25) is 17.6 Å². The van der Waals surface area contributed by atoms with Gasteiger partial charge in [-0.3, -0.25) is 9.69 Å². The first-order valence-corrected chi connectivity index (χ1v) is 8.14. The van der Waals surface area contributed by atoms with Crippen molar-refractivity contribution in [3.63, 3.8) is 0 Å². The van der Waals surface area contributed by atoms with Gasteiger partial charge in [0.05, 0.1) is 20.2 Å². The summed E-state index contributed by atoms with van der Waals surface area (Å²) in [6.45, 7) is 0.575. The number of methoxy groups -OCH3 is 1. The predicted octanol–water partition coefficient (Wildman–Crippen LogP) is 2.82. The molecule has 0 unspecified atom stereocenters. The number of ether oxygens (including phenoxy) is 1. The van der Waals surface area contributed by atoms with Gasteiger partial charge >= 0.3 is 0 Å². The Hall–Kier alpha value is -3.19. The SMILES string of the molecule is COc1cccc(NC(=O)CN(C)Cc2nc(-c3ccccc3)no2)c1. The van der Waals surface area contributed by atoms with Crippen molar-refractivity contribution in [1.29, 1.82) is 0 Å². The lowest BCUT2D eigenvalue weighted by molar-refractivity contribution is -0.117. The topological polar surface area (TPSA) is 80.5 Å². The van der Waals surface area contributed by atoms with Crippen LogP contribution in [0.2, 0.25) is 0 Å². The van der Waals surface area contributed by atoms with E-state index in [2.05, 4.69) is 15.5 Å². The highest BCUT2D eigenvalue weighted by atomic mass is 16.5. The van der Waals surface area contributed by atoms with Crippen LogP contribution >= 0.6 is 0 Å². The number of carbonyl (C=O) groups is 1. The quantitative estimate of drug-likeness (QED) is 0.704. The van der Waals surface area contributed by atoms with Crippen molar-refractivity contribution in [2.24, 2.45) is 0 Å². The molecule has 3 aromatic rings. The molecule has 3 rings (SSSR count). The maximum Gasteiger partial charge on any atom is 0.241 e. The number of hydrogen-bond donors (Lipinski definition) is 1. The number of amides is 1. The highest BCUT2D eigenvalue weighted by Crippen LogP contribution is 2.17. The Morgan fingerprint density at radius 3 is 2.77 bits per heavy atom. The zero-order chi connectivity index (χ0) is 18.4. The lowest BCUT2D eigenvalue weighted by Gasteiger charge is -2.14. The molecular weight excluding hydrogens is 332 g/mol. The molecule has 0 saturated heterocycles. The Kier molecular flexibility index (Phi) is 5.60. The third kappa shape index (κ3) is 4.67. The molecule has 134 valence electrons. The van der Waals surface area contributed by atoms with Gasteiger partial charge in [0, 0.05) is 17.3 Å². The van der Waals surface area contributed by atoms with Gasteiger partial charge in [0.25, 0.3) is 0 Å². The number of anilines is 1. The fraction of sp³-hybridized carbons (Fsp3) is 0.211. The van der Waals surface area contributed by atoms with E-state index in [1.165, 1.54) is 0 Å². The molecule has 2 aromatic carbocycles. The number of rotatable bonds is 7. The molecular formula is C19H20N4O3. The van der Waals surface area contributed by atoms with E-state index in [-0.39, 0.29) is 12.5 Å². The maximum absolute atomic E-state index is 12.2. The summed E-state index contributed by atoms with van der Waals surface area (Å²) in [5.41, 5.74) is 1.58. The van der Waals surface area contributed by atoms with Crippen molar-refractivity contribution in [1.82, 2.24) is 15.0 Å². The summed E-state index contributed by atoms with van der Waals surface area (Å²) in [5, 5.41) is 6.82.